The molecule has 1 atom stereocenters. The van der Waals surface area contributed by atoms with Gasteiger partial charge in [-0.1, -0.05) is 0 Å². The first kappa shape index (κ1) is 17.9. The number of rotatable bonds is 3. The van der Waals surface area contributed by atoms with Gasteiger partial charge >= 0.3 is 16.5 Å². The monoisotopic (exact) mass is 352 g/mol. The van der Waals surface area contributed by atoms with E-state index in [1.807, 2.05) is 0 Å². The van der Waals surface area contributed by atoms with Crippen LogP contribution in [0.4, 0.5) is 4.79 Å². The summed E-state index contributed by atoms with van der Waals surface area (Å²) in [5, 5.41) is 3.02. The molecule has 0 aliphatic carbocycles. The van der Waals surface area contributed by atoms with E-state index in [4.69, 9.17) is 14.0 Å². The van der Waals surface area contributed by atoms with E-state index in [-0.39, 0.29) is 26.1 Å². The normalized spacial score (nSPS) is 24.3. The van der Waals surface area contributed by atoms with Gasteiger partial charge in [-0.3, -0.25) is 9.35 Å². The van der Waals surface area contributed by atoms with Crippen molar-refractivity contribution < 1.29 is 36.3 Å². The zero-order chi connectivity index (χ0) is 17.5. The molecular weight excluding hydrogens is 332 g/mol. The van der Waals surface area contributed by atoms with Gasteiger partial charge < -0.3 is 14.8 Å². The molecule has 2 rings (SSSR count). The highest BCUT2D eigenvalue weighted by Crippen LogP contribution is 2.41. The van der Waals surface area contributed by atoms with Crippen LogP contribution in [-0.2, 0) is 29.0 Å². The van der Waals surface area contributed by atoms with Crippen molar-refractivity contribution in [2.75, 3.05) is 13.2 Å². The van der Waals surface area contributed by atoms with E-state index >= 15 is 0 Å². The molecule has 2 aliphatic heterocycles. The predicted octanol–water partition coefficient (Wildman–Crippen LogP) is 0.00550. The Morgan fingerprint density at radius 1 is 1.39 bits per heavy atom. The quantitative estimate of drug-likeness (QED) is 0.536. The lowest BCUT2D eigenvalue weighted by atomic mass is 9.75. The van der Waals surface area contributed by atoms with Gasteiger partial charge in [0.05, 0.1) is 0 Å². The summed E-state index contributed by atoms with van der Waals surface area (Å²) in [5.41, 5.74) is -1.84. The van der Waals surface area contributed by atoms with Crippen LogP contribution in [0.15, 0.2) is 0 Å². The highest BCUT2D eigenvalue weighted by Gasteiger charge is 2.64. The minimum Gasteiger partial charge on any atom is -0.444 e. The molecular formula is C12H20N2O8S. The Kier molecular flexibility index (Phi) is 4.59. The van der Waals surface area contributed by atoms with E-state index in [0.29, 0.717) is 5.06 Å². The minimum absolute atomic E-state index is 0.245. The van der Waals surface area contributed by atoms with Gasteiger partial charge in [0.1, 0.15) is 17.2 Å². The van der Waals surface area contributed by atoms with Crippen LogP contribution in [0.3, 0.4) is 0 Å². The molecule has 11 heteroatoms. The lowest BCUT2D eigenvalue weighted by Gasteiger charge is -2.56. The van der Waals surface area contributed by atoms with Gasteiger partial charge in [0.15, 0.2) is 0 Å². The van der Waals surface area contributed by atoms with Gasteiger partial charge in [0.25, 0.3) is 5.91 Å². The molecule has 1 spiro atoms. The molecule has 0 bridgehead atoms. The van der Waals surface area contributed by atoms with E-state index < -0.39 is 39.6 Å². The highest BCUT2D eigenvalue weighted by molar-refractivity contribution is 7.80. The maximum atomic E-state index is 12.1. The van der Waals surface area contributed by atoms with Crippen molar-refractivity contribution in [1.29, 1.82) is 0 Å². The van der Waals surface area contributed by atoms with Gasteiger partial charge in [-0.05, 0) is 33.6 Å². The van der Waals surface area contributed by atoms with Crippen molar-refractivity contribution in [1.82, 2.24) is 10.4 Å². The number of nitrogens with one attached hydrogen (secondary N) is 1. The molecule has 0 aromatic carbocycles. The average Bonchev–Trinajstić information content (AvgIpc) is 2.40. The number of carbonyl (C=O) groups excluding carboxylic acids is 2. The number of hydrogen-bond donors (Lipinski definition) is 2. The average molecular weight is 352 g/mol. The standard InChI is InChI=1S/C12H20N2O8S/c1-11(2,3)21-10(16)13-8-9(15)14(22-23(17,18)19)12(8)4-6-20-7-5-12/h8H,4-7H2,1-3H3,(H,13,16)(H,17,18,19). The molecule has 0 saturated carbocycles. The fourth-order valence-electron chi connectivity index (χ4n) is 2.66. The maximum Gasteiger partial charge on any atom is 0.418 e. The zero-order valence-corrected chi connectivity index (χ0v) is 13.9. The molecule has 0 aromatic rings. The number of β-lactam (4-membered cyclic amide) rings is 1. The summed E-state index contributed by atoms with van der Waals surface area (Å²) < 4.78 is 45.3. The van der Waals surface area contributed by atoms with Crippen LogP contribution < -0.4 is 5.32 Å². The Morgan fingerprint density at radius 3 is 2.43 bits per heavy atom. The SMILES string of the molecule is CC(C)(C)OC(=O)NC1C(=O)N(OS(=O)(=O)O)C12CCOCC2. The molecule has 1 unspecified atom stereocenters. The minimum atomic E-state index is -4.85. The number of ether oxygens (including phenoxy) is 2. The van der Waals surface area contributed by atoms with Crippen LogP contribution in [0.2, 0.25) is 0 Å². The third-order valence-electron chi connectivity index (χ3n) is 3.58. The van der Waals surface area contributed by atoms with Crippen LogP contribution in [0.1, 0.15) is 33.6 Å². The number of hydroxylamine groups is 2. The number of carbonyl (C=O) groups is 2. The third kappa shape index (κ3) is 3.91. The first-order valence-corrected chi connectivity index (χ1v) is 8.39. The summed E-state index contributed by atoms with van der Waals surface area (Å²) in [5.74, 6) is -0.782. The van der Waals surface area contributed by atoms with Crippen molar-refractivity contribution in [3.63, 3.8) is 0 Å². The van der Waals surface area contributed by atoms with Gasteiger partial charge in [0.2, 0.25) is 0 Å². The van der Waals surface area contributed by atoms with E-state index in [1.54, 1.807) is 20.8 Å². The predicted molar refractivity (Wildman–Crippen MR) is 75.4 cm³/mol. The second kappa shape index (κ2) is 5.89. The van der Waals surface area contributed by atoms with Crippen LogP contribution in [0.25, 0.3) is 0 Å². The van der Waals surface area contributed by atoms with Crippen molar-refractivity contribution in [2.45, 2.75) is 50.8 Å². The lowest BCUT2D eigenvalue weighted by molar-refractivity contribution is -0.240. The summed E-state index contributed by atoms with van der Waals surface area (Å²) in [7, 11) is -4.85. The van der Waals surface area contributed by atoms with Crippen LogP contribution in [0, 0.1) is 0 Å². The molecule has 132 valence electrons. The van der Waals surface area contributed by atoms with Crippen molar-refractivity contribution in [3.05, 3.63) is 0 Å². The summed E-state index contributed by atoms with van der Waals surface area (Å²) in [4.78, 5) is 24.0. The summed E-state index contributed by atoms with van der Waals surface area (Å²) in [6.45, 7) is 5.53. The topological polar surface area (TPSA) is 131 Å². The van der Waals surface area contributed by atoms with Gasteiger partial charge in [-0.15, -0.1) is 4.28 Å². The molecule has 10 nitrogen and oxygen atoms in total. The van der Waals surface area contributed by atoms with E-state index in [2.05, 4.69) is 9.60 Å². The summed E-state index contributed by atoms with van der Waals surface area (Å²) in [6.07, 6.45) is -0.308. The molecule has 2 saturated heterocycles. The summed E-state index contributed by atoms with van der Waals surface area (Å²) >= 11 is 0. The lowest BCUT2D eigenvalue weighted by Crippen LogP contribution is -2.80. The fraction of sp³-hybridized carbons (Fsp3) is 0.833. The Labute approximate surface area is 134 Å². The molecule has 0 radical (unpaired) electrons. The molecule has 2 aliphatic rings. The van der Waals surface area contributed by atoms with Crippen LogP contribution in [-0.4, -0.2) is 60.4 Å². The number of amides is 2. The van der Waals surface area contributed by atoms with E-state index in [0.717, 1.165) is 0 Å². The first-order valence-electron chi connectivity index (χ1n) is 7.03. The van der Waals surface area contributed by atoms with Crippen LogP contribution >= 0.6 is 0 Å². The van der Waals surface area contributed by atoms with Crippen molar-refractivity contribution in [3.8, 4) is 0 Å². The van der Waals surface area contributed by atoms with Gasteiger partial charge in [-0.2, -0.15) is 13.5 Å². The smallest absolute Gasteiger partial charge is 0.418 e. The largest absolute Gasteiger partial charge is 0.444 e. The number of hydrogen-bond acceptors (Lipinski definition) is 7. The Hall–Kier alpha value is -1.43. The number of alkyl carbamates (subject to hydrolysis) is 1. The van der Waals surface area contributed by atoms with E-state index in [1.165, 1.54) is 0 Å². The molecule has 2 fully saturated rings. The fourth-order valence-corrected chi connectivity index (χ4v) is 3.07. The van der Waals surface area contributed by atoms with Gasteiger partial charge in [0, 0.05) is 13.2 Å². The first-order chi connectivity index (χ1) is 10.4. The Morgan fingerprint density at radius 2 is 1.96 bits per heavy atom. The van der Waals surface area contributed by atoms with Crippen LogP contribution in [0.5, 0.6) is 0 Å². The Bertz CT molecular complexity index is 591. The number of nitrogens with zero attached hydrogens (tertiary/aromatic N) is 1. The second-order valence-electron chi connectivity index (χ2n) is 6.43. The molecule has 2 N–H and O–H groups in total. The Balaban J connectivity index is 2.16. The van der Waals surface area contributed by atoms with E-state index in [9.17, 15) is 18.0 Å². The molecule has 2 amide bonds. The molecule has 23 heavy (non-hydrogen) atoms. The summed E-state index contributed by atoms with van der Waals surface area (Å²) in [6, 6.07) is -1.01. The maximum absolute atomic E-state index is 12.1. The molecule has 0 aromatic heterocycles. The van der Waals surface area contributed by atoms with Gasteiger partial charge in [-0.25, -0.2) is 4.79 Å². The highest BCUT2D eigenvalue weighted by atomic mass is 32.3. The van der Waals surface area contributed by atoms with Crippen molar-refractivity contribution in [2.24, 2.45) is 0 Å². The molecule has 2 heterocycles. The van der Waals surface area contributed by atoms with Crippen molar-refractivity contribution >= 4 is 22.4 Å². The third-order valence-corrected chi connectivity index (χ3v) is 3.91. The second-order valence-corrected chi connectivity index (χ2v) is 7.43. The zero-order valence-electron chi connectivity index (χ0n) is 13.1.